The van der Waals surface area contributed by atoms with Gasteiger partial charge >= 0.3 is 5.97 Å². The highest BCUT2D eigenvalue weighted by Crippen LogP contribution is 2.66. The average molecular weight is 497 g/mol. The third-order valence-corrected chi connectivity index (χ3v) is 9.63. The zero-order valence-corrected chi connectivity index (χ0v) is 20.8. The van der Waals surface area contributed by atoms with Gasteiger partial charge in [-0.2, -0.15) is 0 Å². The molecule has 2 unspecified atom stereocenters. The fourth-order valence-corrected chi connectivity index (χ4v) is 8.46. The van der Waals surface area contributed by atoms with E-state index in [1.807, 2.05) is 42.5 Å². The molecule has 2 N–H and O–H groups in total. The number of fused-ring (bicyclic) bond motifs is 2. The summed E-state index contributed by atoms with van der Waals surface area (Å²) < 4.78 is 4.75. The first kappa shape index (κ1) is 24.1. The van der Waals surface area contributed by atoms with E-state index in [9.17, 15) is 14.4 Å². The summed E-state index contributed by atoms with van der Waals surface area (Å²) in [6, 6.07) is 13.1. The minimum atomic E-state index is -0.643. The molecular weight excluding hydrogens is 464 g/mol. The van der Waals surface area contributed by atoms with Crippen molar-refractivity contribution in [3.63, 3.8) is 0 Å². The number of carbonyl (C=O) groups is 3. The maximum Gasteiger partial charge on any atom is 0.310 e. The van der Waals surface area contributed by atoms with Crippen molar-refractivity contribution in [1.82, 2.24) is 4.90 Å². The lowest BCUT2D eigenvalue weighted by molar-refractivity contribution is -0.153. The predicted molar refractivity (Wildman–Crippen MR) is 136 cm³/mol. The summed E-state index contributed by atoms with van der Waals surface area (Å²) in [7, 11) is 0. The van der Waals surface area contributed by atoms with Crippen molar-refractivity contribution in [2.45, 2.75) is 55.1 Å². The first-order chi connectivity index (χ1) is 17.0. The Labute approximate surface area is 209 Å². The number of aliphatic hydroxyl groups excluding tert-OH is 1. The van der Waals surface area contributed by atoms with Crippen LogP contribution < -0.4 is 5.32 Å². The average Bonchev–Trinajstić information content (AvgIpc) is 3.49. The Kier molecular flexibility index (Phi) is 6.77. The summed E-state index contributed by atoms with van der Waals surface area (Å²) in [5.74, 6) is -1.66. The molecule has 2 aromatic carbocycles. The van der Waals surface area contributed by atoms with Gasteiger partial charge in [0.15, 0.2) is 0 Å². The van der Waals surface area contributed by atoms with Crippen molar-refractivity contribution in [2.75, 3.05) is 25.1 Å². The molecular formula is C27H32N2O5S. The lowest BCUT2D eigenvalue weighted by atomic mass is 9.71. The molecule has 5 atom stereocenters. The Morgan fingerprint density at radius 3 is 2.74 bits per heavy atom. The Hall–Kier alpha value is -2.58. The van der Waals surface area contributed by atoms with Crippen molar-refractivity contribution < 1.29 is 24.2 Å². The first-order valence-electron chi connectivity index (χ1n) is 12.6. The molecule has 3 aliphatic heterocycles. The zero-order chi connectivity index (χ0) is 24.6. The van der Waals surface area contributed by atoms with Crippen molar-refractivity contribution in [2.24, 2.45) is 11.8 Å². The molecule has 0 aromatic heterocycles. The van der Waals surface area contributed by atoms with Gasteiger partial charge in [0.1, 0.15) is 6.04 Å². The molecule has 3 aliphatic rings. The third kappa shape index (κ3) is 4.10. The maximum atomic E-state index is 13.8. The van der Waals surface area contributed by atoms with Crippen LogP contribution in [0.5, 0.6) is 0 Å². The van der Waals surface area contributed by atoms with Gasteiger partial charge in [0.25, 0.3) is 0 Å². The molecule has 0 aliphatic carbocycles. The molecule has 2 aromatic rings. The van der Waals surface area contributed by atoms with Crippen LogP contribution in [0, 0.1) is 11.8 Å². The van der Waals surface area contributed by atoms with Gasteiger partial charge < -0.3 is 20.1 Å². The van der Waals surface area contributed by atoms with Crippen LogP contribution in [0.2, 0.25) is 0 Å². The van der Waals surface area contributed by atoms with Gasteiger partial charge in [-0.05, 0) is 61.9 Å². The molecule has 186 valence electrons. The van der Waals surface area contributed by atoms with Crippen molar-refractivity contribution in [1.29, 1.82) is 0 Å². The van der Waals surface area contributed by atoms with Gasteiger partial charge in [0.05, 0.1) is 23.2 Å². The molecule has 7 nitrogen and oxygen atoms in total. The standard InChI is InChI=1S/C27H32N2O5S/c1-2-34-26(33)21-20-12-13-27(35-20)22(21)25(32)29(14-6-3-7-15-30)23(27)24(31)28-19-11-10-17-8-4-5-9-18(17)16-19/h4-5,8-11,16,20-23,30H,2-3,6-7,12-15H2,1H3,(H,28,31)/t20-,21+,22+,23?,27?/m1/s1. The third-order valence-electron chi connectivity index (χ3n) is 7.68. The molecule has 0 radical (unpaired) electrons. The molecule has 2 amide bonds. The fourth-order valence-electron chi connectivity index (χ4n) is 6.25. The van der Waals surface area contributed by atoms with Crippen LogP contribution in [0.15, 0.2) is 42.5 Å². The van der Waals surface area contributed by atoms with Gasteiger partial charge in [0, 0.05) is 24.1 Å². The zero-order valence-electron chi connectivity index (χ0n) is 19.9. The fraction of sp³-hybridized carbons (Fsp3) is 0.519. The van der Waals surface area contributed by atoms with Gasteiger partial charge in [-0.3, -0.25) is 14.4 Å². The normalized spacial score (nSPS) is 29.0. The van der Waals surface area contributed by atoms with E-state index >= 15 is 0 Å². The predicted octanol–water partition coefficient (Wildman–Crippen LogP) is 3.60. The number of rotatable bonds is 9. The minimum absolute atomic E-state index is 0.00973. The van der Waals surface area contributed by atoms with Crippen LogP contribution in [0.1, 0.15) is 39.0 Å². The molecule has 0 saturated carbocycles. The number of amides is 2. The summed E-state index contributed by atoms with van der Waals surface area (Å²) in [6.45, 7) is 2.59. The van der Waals surface area contributed by atoms with Crippen molar-refractivity contribution in [3.05, 3.63) is 42.5 Å². The van der Waals surface area contributed by atoms with E-state index in [0.29, 0.717) is 25.1 Å². The number of unbranched alkanes of at least 4 members (excludes halogenated alkanes) is 2. The van der Waals surface area contributed by atoms with Crippen molar-refractivity contribution in [3.8, 4) is 0 Å². The second-order valence-electron chi connectivity index (χ2n) is 9.68. The number of nitrogens with one attached hydrogen (secondary N) is 1. The van der Waals surface area contributed by atoms with Crippen LogP contribution >= 0.6 is 11.8 Å². The van der Waals surface area contributed by atoms with Crippen LogP contribution in [-0.4, -0.2) is 63.6 Å². The SMILES string of the molecule is CCOC(=O)[C@@H]1[C@H]2C(=O)N(CCCCCO)C(C(=O)Nc3ccc4ccccc4c3)C23CC[C@H]1S3. The summed E-state index contributed by atoms with van der Waals surface area (Å²) in [4.78, 5) is 42.2. The summed E-state index contributed by atoms with van der Waals surface area (Å²) in [6.07, 6.45) is 3.67. The smallest absolute Gasteiger partial charge is 0.310 e. The molecule has 2 bridgehead atoms. The number of likely N-dealkylation sites (tertiary alicyclic amines) is 1. The van der Waals surface area contributed by atoms with Crippen LogP contribution in [0.3, 0.4) is 0 Å². The molecule has 3 saturated heterocycles. The second-order valence-corrected chi connectivity index (χ2v) is 11.3. The molecule has 35 heavy (non-hydrogen) atoms. The van der Waals surface area contributed by atoms with E-state index in [1.165, 1.54) is 0 Å². The molecule has 8 heteroatoms. The summed E-state index contributed by atoms with van der Waals surface area (Å²) >= 11 is 1.65. The second kappa shape index (κ2) is 9.82. The monoisotopic (exact) mass is 496 g/mol. The van der Waals surface area contributed by atoms with Gasteiger partial charge in [-0.25, -0.2) is 0 Å². The van der Waals surface area contributed by atoms with E-state index in [0.717, 1.165) is 30.0 Å². The highest BCUT2D eigenvalue weighted by molar-refractivity contribution is 8.02. The number of hydrogen-bond donors (Lipinski definition) is 2. The van der Waals surface area contributed by atoms with E-state index in [1.54, 1.807) is 23.6 Å². The van der Waals surface area contributed by atoms with E-state index in [4.69, 9.17) is 9.84 Å². The topological polar surface area (TPSA) is 95.9 Å². The van der Waals surface area contributed by atoms with E-state index in [-0.39, 0.29) is 36.2 Å². The lowest BCUT2D eigenvalue weighted by Gasteiger charge is -2.34. The number of thioether (sulfide) groups is 1. The van der Waals surface area contributed by atoms with Gasteiger partial charge in [-0.1, -0.05) is 30.3 Å². The van der Waals surface area contributed by atoms with Crippen LogP contribution in [0.4, 0.5) is 5.69 Å². The number of nitrogens with zero attached hydrogens (tertiary/aromatic N) is 1. The van der Waals surface area contributed by atoms with Crippen LogP contribution in [-0.2, 0) is 19.1 Å². The molecule has 1 spiro atoms. The van der Waals surface area contributed by atoms with Gasteiger partial charge in [-0.15, -0.1) is 11.8 Å². The largest absolute Gasteiger partial charge is 0.466 e. The number of carbonyl (C=O) groups excluding carboxylic acids is 3. The number of aliphatic hydroxyl groups is 1. The maximum absolute atomic E-state index is 13.8. The van der Waals surface area contributed by atoms with E-state index < -0.39 is 22.6 Å². The minimum Gasteiger partial charge on any atom is -0.466 e. The Balaban J connectivity index is 1.45. The number of anilines is 1. The van der Waals surface area contributed by atoms with Crippen molar-refractivity contribution >= 4 is 46.0 Å². The highest BCUT2D eigenvalue weighted by Gasteiger charge is 2.73. The first-order valence-corrected chi connectivity index (χ1v) is 13.4. The lowest BCUT2D eigenvalue weighted by Crippen LogP contribution is -2.51. The summed E-state index contributed by atoms with van der Waals surface area (Å²) in [5.41, 5.74) is 0.695. The summed E-state index contributed by atoms with van der Waals surface area (Å²) in [5, 5.41) is 14.4. The Bertz CT molecular complexity index is 1140. The Morgan fingerprint density at radius 1 is 1.17 bits per heavy atom. The molecule has 3 fully saturated rings. The van der Waals surface area contributed by atoms with Crippen LogP contribution in [0.25, 0.3) is 10.8 Å². The number of ether oxygens (including phenoxy) is 1. The van der Waals surface area contributed by atoms with Gasteiger partial charge in [0.2, 0.25) is 11.8 Å². The number of esters is 1. The van der Waals surface area contributed by atoms with E-state index in [2.05, 4.69) is 5.32 Å². The highest BCUT2D eigenvalue weighted by atomic mass is 32.2. The number of benzene rings is 2. The Morgan fingerprint density at radius 2 is 1.97 bits per heavy atom. The number of hydrogen-bond acceptors (Lipinski definition) is 6. The molecule has 3 heterocycles. The molecule has 5 rings (SSSR count). The quantitative estimate of drug-likeness (QED) is 0.407.